The summed E-state index contributed by atoms with van der Waals surface area (Å²) in [6.45, 7) is 3.15. The Morgan fingerprint density at radius 3 is 2.88 bits per heavy atom. The number of carbonyl (C=O) groups excluding carboxylic acids is 1. The van der Waals surface area contributed by atoms with Crippen molar-refractivity contribution < 1.29 is 4.79 Å². The standard InChI is InChI=1S/C20H28N2OS/c1-20(18-3-2-4-24-18)10-15(20)11-21-19(23)22-17-9-13-5-12-6-14(7-13)16(17)8-12/h2-4,12-17H,5-11H2,1H3,(H2,21,22,23). The minimum absolute atomic E-state index is 0.0742. The third kappa shape index (κ3) is 2.49. The highest BCUT2D eigenvalue weighted by Gasteiger charge is 2.52. The van der Waals surface area contributed by atoms with Gasteiger partial charge in [-0.1, -0.05) is 13.0 Å². The molecule has 0 saturated heterocycles. The lowest BCUT2D eigenvalue weighted by molar-refractivity contribution is 0.139. The molecule has 2 amide bonds. The summed E-state index contributed by atoms with van der Waals surface area (Å²) >= 11 is 1.85. The van der Waals surface area contributed by atoms with Crippen molar-refractivity contribution in [2.24, 2.45) is 29.6 Å². The molecule has 1 aromatic rings. The van der Waals surface area contributed by atoms with E-state index in [0.29, 0.717) is 17.4 Å². The molecule has 1 aromatic heterocycles. The van der Waals surface area contributed by atoms with Gasteiger partial charge in [0.2, 0.25) is 0 Å². The molecule has 3 nitrogen and oxygen atoms in total. The SMILES string of the molecule is CC1(c2cccs2)CC1CNC(=O)NC1CC2CC3CC(C2)C1C3. The molecule has 7 atom stereocenters. The average Bonchev–Trinajstić information content (AvgIpc) is 2.91. The van der Waals surface area contributed by atoms with E-state index in [9.17, 15) is 4.79 Å². The van der Waals surface area contributed by atoms with E-state index in [1.807, 2.05) is 11.3 Å². The first kappa shape index (κ1) is 15.2. The first-order valence-electron chi connectivity index (χ1n) is 9.70. The fraction of sp³-hybridized carbons (Fsp3) is 0.750. The molecule has 7 unspecified atom stereocenters. The van der Waals surface area contributed by atoms with Crippen molar-refractivity contribution in [3.05, 3.63) is 22.4 Å². The Kier molecular flexibility index (Phi) is 3.48. The van der Waals surface area contributed by atoms with Crippen LogP contribution in [0, 0.1) is 29.6 Å². The maximum absolute atomic E-state index is 12.4. The minimum Gasteiger partial charge on any atom is -0.338 e. The maximum Gasteiger partial charge on any atom is 0.315 e. The molecular formula is C20H28N2OS. The molecular weight excluding hydrogens is 316 g/mol. The number of hydrogen-bond acceptors (Lipinski definition) is 2. The summed E-state index contributed by atoms with van der Waals surface area (Å²) < 4.78 is 0. The highest BCUT2D eigenvalue weighted by atomic mass is 32.1. The summed E-state index contributed by atoms with van der Waals surface area (Å²) in [4.78, 5) is 13.9. The number of rotatable bonds is 4. The Balaban J connectivity index is 1.14. The van der Waals surface area contributed by atoms with Gasteiger partial charge in [-0.25, -0.2) is 4.79 Å². The van der Waals surface area contributed by atoms with Gasteiger partial charge in [0.1, 0.15) is 0 Å². The predicted octanol–water partition coefficient (Wildman–Crippen LogP) is 4.15. The summed E-state index contributed by atoms with van der Waals surface area (Å²) in [5.41, 5.74) is 0.296. The van der Waals surface area contributed by atoms with E-state index in [2.05, 4.69) is 35.1 Å². The number of hydrogen-bond donors (Lipinski definition) is 2. The van der Waals surface area contributed by atoms with E-state index in [1.165, 1.54) is 43.4 Å². The van der Waals surface area contributed by atoms with Crippen molar-refractivity contribution in [2.45, 2.75) is 56.9 Å². The topological polar surface area (TPSA) is 41.1 Å². The Bertz CT molecular complexity index is 628. The molecule has 0 aliphatic heterocycles. The molecule has 4 aliphatic carbocycles. The van der Waals surface area contributed by atoms with Gasteiger partial charge in [0.25, 0.3) is 0 Å². The van der Waals surface area contributed by atoms with E-state index < -0.39 is 0 Å². The highest BCUT2D eigenvalue weighted by molar-refractivity contribution is 7.10. The second kappa shape index (κ2) is 5.48. The number of thiophene rings is 1. The lowest BCUT2D eigenvalue weighted by Gasteiger charge is -2.39. The number of carbonyl (C=O) groups is 1. The molecule has 4 saturated carbocycles. The minimum atomic E-state index is 0.0742. The molecule has 4 heteroatoms. The van der Waals surface area contributed by atoms with E-state index >= 15 is 0 Å². The van der Waals surface area contributed by atoms with Crippen LogP contribution in [0.4, 0.5) is 4.79 Å². The molecule has 24 heavy (non-hydrogen) atoms. The molecule has 130 valence electrons. The zero-order valence-corrected chi connectivity index (χ0v) is 15.3. The first-order chi connectivity index (χ1) is 11.6. The van der Waals surface area contributed by atoms with Crippen molar-refractivity contribution in [1.29, 1.82) is 0 Å². The van der Waals surface area contributed by atoms with E-state index in [0.717, 1.165) is 30.2 Å². The van der Waals surface area contributed by atoms with Gasteiger partial charge >= 0.3 is 6.03 Å². The lowest BCUT2D eigenvalue weighted by atomic mass is 9.70. The van der Waals surface area contributed by atoms with Gasteiger partial charge in [0.05, 0.1) is 0 Å². The Labute approximate surface area is 148 Å². The van der Waals surface area contributed by atoms with Gasteiger partial charge in [0, 0.05) is 22.9 Å². The normalized spacial score (nSPS) is 45.2. The average molecular weight is 345 g/mol. The summed E-state index contributed by atoms with van der Waals surface area (Å²) in [7, 11) is 0. The number of nitrogens with one attached hydrogen (secondary N) is 2. The van der Waals surface area contributed by atoms with E-state index in [4.69, 9.17) is 0 Å². The summed E-state index contributed by atoms with van der Waals surface area (Å²) in [5, 5.41) is 8.67. The van der Waals surface area contributed by atoms with Crippen molar-refractivity contribution in [1.82, 2.24) is 10.6 Å². The van der Waals surface area contributed by atoms with Crippen LogP contribution >= 0.6 is 11.3 Å². The van der Waals surface area contributed by atoms with Gasteiger partial charge in [-0.05, 0) is 79.6 Å². The monoisotopic (exact) mass is 344 g/mol. The molecule has 1 heterocycles. The van der Waals surface area contributed by atoms with Gasteiger partial charge in [-0.2, -0.15) is 0 Å². The second-order valence-electron chi connectivity index (χ2n) is 9.09. The third-order valence-electron chi connectivity index (χ3n) is 7.57. The van der Waals surface area contributed by atoms with Gasteiger partial charge in [0.15, 0.2) is 0 Å². The molecule has 0 spiro atoms. The Morgan fingerprint density at radius 2 is 2.08 bits per heavy atom. The van der Waals surface area contributed by atoms with Crippen LogP contribution in [-0.4, -0.2) is 18.6 Å². The van der Waals surface area contributed by atoms with Crippen LogP contribution in [0.2, 0.25) is 0 Å². The van der Waals surface area contributed by atoms with Crippen molar-refractivity contribution in [2.75, 3.05) is 6.54 Å². The number of fused-ring (bicyclic) bond motifs is 2. The van der Waals surface area contributed by atoms with Crippen LogP contribution in [0.5, 0.6) is 0 Å². The smallest absolute Gasteiger partial charge is 0.315 e. The fourth-order valence-electron chi connectivity index (χ4n) is 6.21. The van der Waals surface area contributed by atoms with Gasteiger partial charge < -0.3 is 10.6 Å². The Hall–Kier alpha value is -1.03. The van der Waals surface area contributed by atoms with Crippen LogP contribution in [0.3, 0.4) is 0 Å². The summed E-state index contributed by atoms with van der Waals surface area (Å²) in [5.74, 6) is 4.10. The van der Waals surface area contributed by atoms with Crippen LogP contribution in [-0.2, 0) is 5.41 Å². The first-order valence-corrected chi connectivity index (χ1v) is 10.6. The zero-order chi connectivity index (χ0) is 16.3. The van der Waals surface area contributed by atoms with Crippen molar-refractivity contribution >= 4 is 17.4 Å². The van der Waals surface area contributed by atoms with Gasteiger partial charge in [-0.15, -0.1) is 11.3 Å². The quantitative estimate of drug-likeness (QED) is 0.846. The second-order valence-corrected chi connectivity index (χ2v) is 10.0. The lowest BCUT2D eigenvalue weighted by Crippen LogP contribution is -2.49. The molecule has 3 bridgehead atoms. The summed E-state index contributed by atoms with van der Waals surface area (Å²) in [6.07, 6.45) is 8.08. The number of amides is 2. The molecule has 4 fully saturated rings. The van der Waals surface area contributed by atoms with Crippen LogP contribution in [0.15, 0.2) is 17.5 Å². The molecule has 0 radical (unpaired) electrons. The predicted molar refractivity (Wildman–Crippen MR) is 97.1 cm³/mol. The number of urea groups is 1. The van der Waals surface area contributed by atoms with E-state index in [-0.39, 0.29) is 6.03 Å². The molecule has 5 rings (SSSR count). The molecule has 0 aromatic carbocycles. The van der Waals surface area contributed by atoms with Crippen LogP contribution < -0.4 is 10.6 Å². The molecule has 4 aliphatic rings. The largest absolute Gasteiger partial charge is 0.338 e. The highest BCUT2D eigenvalue weighted by Crippen LogP contribution is 2.56. The fourth-order valence-corrected chi connectivity index (χ4v) is 7.19. The van der Waals surface area contributed by atoms with Crippen LogP contribution in [0.25, 0.3) is 0 Å². The van der Waals surface area contributed by atoms with Crippen LogP contribution in [0.1, 0.15) is 50.3 Å². The van der Waals surface area contributed by atoms with Crippen molar-refractivity contribution in [3.63, 3.8) is 0 Å². The van der Waals surface area contributed by atoms with Gasteiger partial charge in [-0.3, -0.25) is 0 Å². The Morgan fingerprint density at radius 1 is 1.25 bits per heavy atom. The third-order valence-corrected chi connectivity index (χ3v) is 8.72. The summed E-state index contributed by atoms with van der Waals surface area (Å²) in [6, 6.07) is 4.88. The zero-order valence-electron chi connectivity index (χ0n) is 14.5. The molecule has 2 N–H and O–H groups in total. The van der Waals surface area contributed by atoms with E-state index in [1.54, 1.807) is 0 Å². The maximum atomic E-state index is 12.4. The van der Waals surface area contributed by atoms with Crippen molar-refractivity contribution in [3.8, 4) is 0 Å².